The Kier molecular flexibility index (Phi) is 3.95. The SMILES string of the molecule is CC(C)C(=O)Nc1cc(-c2ccco2)nn1-c1nc2c(c(=O)[nH]1)CCC2. The van der Waals surface area contributed by atoms with Gasteiger partial charge in [-0.15, -0.1) is 0 Å². The fourth-order valence-corrected chi connectivity index (χ4v) is 2.98. The third-order valence-corrected chi connectivity index (χ3v) is 4.39. The average molecular weight is 353 g/mol. The number of furan rings is 1. The summed E-state index contributed by atoms with van der Waals surface area (Å²) < 4.78 is 6.84. The lowest BCUT2D eigenvalue weighted by Crippen LogP contribution is -2.23. The van der Waals surface area contributed by atoms with E-state index in [1.807, 2.05) is 0 Å². The van der Waals surface area contributed by atoms with E-state index in [1.165, 1.54) is 4.68 Å². The number of carbonyl (C=O) groups is 1. The minimum absolute atomic E-state index is 0.152. The summed E-state index contributed by atoms with van der Waals surface area (Å²) in [4.78, 5) is 31.8. The van der Waals surface area contributed by atoms with Crippen LogP contribution in [-0.4, -0.2) is 25.7 Å². The maximum atomic E-state index is 12.3. The highest BCUT2D eigenvalue weighted by Gasteiger charge is 2.21. The fourth-order valence-electron chi connectivity index (χ4n) is 2.98. The lowest BCUT2D eigenvalue weighted by molar-refractivity contribution is -0.118. The number of nitrogens with one attached hydrogen (secondary N) is 2. The summed E-state index contributed by atoms with van der Waals surface area (Å²) in [5.41, 5.74) is 1.91. The number of fused-ring (bicyclic) bond motifs is 1. The molecule has 0 aromatic carbocycles. The van der Waals surface area contributed by atoms with E-state index in [2.05, 4.69) is 20.4 Å². The van der Waals surface area contributed by atoms with Crippen LogP contribution in [0.25, 0.3) is 17.4 Å². The van der Waals surface area contributed by atoms with E-state index in [0.717, 1.165) is 30.5 Å². The summed E-state index contributed by atoms with van der Waals surface area (Å²) in [6, 6.07) is 5.24. The number of anilines is 1. The Bertz CT molecular complexity index is 1010. The molecular weight excluding hydrogens is 334 g/mol. The van der Waals surface area contributed by atoms with Crippen LogP contribution in [0.4, 0.5) is 5.82 Å². The summed E-state index contributed by atoms with van der Waals surface area (Å²) in [5, 5.41) is 7.31. The van der Waals surface area contributed by atoms with Crippen LogP contribution in [0.15, 0.2) is 33.7 Å². The summed E-state index contributed by atoms with van der Waals surface area (Å²) in [5.74, 6) is 0.925. The lowest BCUT2D eigenvalue weighted by atomic mass is 10.2. The topological polar surface area (TPSA) is 106 Å². The molecule has 0 fully saturated rings. The number of hydrogen-bond donors (Lipinski definition) is 2. The van der Waals surface area contributed by atoms with Gasteiger partial charge in [0.2, 0.25) is 11.9 Å². The number of aromatic amines is 1. The molecule has 3 heterocycles. The van der Waals surface area contributed by atoms with Gasteiger partial charge >= 0.3 is 0 Å². The van der Waals surface area contributed by atoms with Crippen molar-refractivity contribution in [3.8, 4) is 17.4 Å². The molecule has 0 unspecified atom stereocenters. The summed E-state index contributed by atoms with van der Waals surface area (Å²) in [7, 11) is 0. The van der Waals surface area contributed by atoms with Gasteiger partial charge in [0.15, 0.2) is 5.76 Å². The Balaban J connectivity index is 1.82. The minimum atomic E-state index is -0.197. The van der Waals surface area contributed by atoms with Crippen molar-refractivity contribution in [3.05, 3.63) is 46.1 Å². The molecule has 1 aliphatic rings. The molecule has 0 saturated carbocycles. The van der Waals surface area contributed by atoms with Gasteiger partial charge in [0.25, 0.3) is 5.56 Å². The van der Waals surface area contributed by atoms with E-state index in [1.54, 1.807) is 38.3 Å². The molecule has 134 valence electrons. The Hall–Kier alpha value is -3.16. The van der Waals surface area contributed by atoms with E-state index in [-0.39, 0.29) is 23.3 Å². The van der Waals surface area contributed by atoms with Crippen molar-refractivity contribution in [2.24, 2.45) is 5.92 Å². The van der Waals surface area contributed by atoms with E-state index < -0.39 is 0 Å². The van der Waals surface area contributed by atoms with Crippen molar-refractivity contribution in [3.63, 3.8) is 0 Å². The third kappa shape index (κ3) is 2.83. The van der Waals surface area contributed by atoms with Gasteiger partial charge in [-0.25, -0.2) is 4.98 Å². The van der Waals surface area contributed by atoms with Gasteiger partial charge in [-0.1, -0.05) is 13.8 Å². The normalized spacial score (nSPS) is 13.2. The van der Waals surface area contributed by atoms with Gasteiger partial charge in [-0.05, 0) is 31.4 Å². The Labute approximate surface area is 149 Å². The molecule has 26 heavy (non-hydrogen) atoms. The molecule has 1 amide bonds. The first-order valence-corrected chi connectivity index (χ1v) is 8.60. The predicted molar refractivity (Wildman–Crippen MR) is 95.2 cm³/mol. The number of hydrogen-bond acceptors (Lipinski definition) is 5. The molecule has 0 bridgehead atoms. The van der Waals surface area contributed by atoms with Crippen molar-refractivity contribution in [2.75, 3.05) is 5.32 Å². The second kappa shape index (κ2) is 6.29. The molecule has 0 radical (unpaired) electrons. The summed E-state index contributed by atoms with van der Waals surface area (Å²) in [6.07, 6.45) is 3.98. The molecule has 4 rings (SSSR count). The van der Waals surface area contributed by atoms with Gasteiger partial charge in [0.1, 0.15) is 11.5 Å². The Morgan fingerprint density at radius 1 is 1.38 bits per heavy atom. The molecule has 8 heteroatoms. The third-order valence-electron chi connectivity index (χ3n) is 4.39. The van der Waals surface area contributed by atoms with E-state index >= 15 is 0 Å². The molecule has 3 aromatic heterocycles. The minimum Gasteiger partial charge on any atom is -0.463 e. The number of amides is 1. The van der Waals surface area contributed by atoms with Gasteiger partial charge in [-0.2, -0.15) is 9.78 Å². The molecule has 0 spiro atoms. The quantitative estimate of drug-likeness (QED) is 0.748. The molecule has 8 nitrogen and oxygen atoms in total. The van der Waals surface area contributed by atoms with Crippen LogP contribution < -0.4 is 10.9 Å². The van der Waals surface area contributed by atoms with Crippen LogP contribution in [0.2, 0.25) is 0 Å². The highest BCUT2D eigenvalue weighted by atomic mass is 16.3. The van der Waals surface area contributed by atoms with Crippen molar-refractivity contribution >= 4 is 11.7 Å². The smallest absolute Gasteiger partial charge is 0.255 e. The van der Waals surface area contributed by atoms with Crippen LogP contribution in [-0.2, 0) is 17.6 Å². The second-order valence-corrected chi connectivity index (χ2v) is 6.62. The summed E-state index contributed by atoms with van der Waals surface area (Å²) in [6.45, 7) is 3.61. The van der Waals surface area contributed by atoms with Crippen LogP contribution in [0.3, 0.4) is 0 Å². The molecule has 0 atom stereocenters. The van der Waals surface area contributed by atoms with Crippen molar-refractivity contribution < 1.29 is 9.21 Å². The van der Waals surface area contributed by atoms with Crippen molar-refractivity contribution in [1.29, 1.82) is 0 Å². The highest BCUT2D eigenvalue weighted by molar-refractivity contribution is 5.92. The Morgan fingerprint density at radius 2 is 2.23 bits per heavy atom. The molecule has 2 N–H and O–H groups in total. The molecular formula is C18H19N5O3. The number of carbonyl (C=O) groups excluding carboxylic acids is 1. The molecule has 0 saturated heterocycles. The predicted octanol–water partition coefficient (Wildman–Crippen LogP) is 2.30. The largest absolute Gasteiger partial charge is 0.463 e. The number of H-pyrrole nitrogens is 1. The first-order chi connectivity index (χ1) is 12.5. The second-order valence-electron chi connectivity index (χ2n) is 6.62. The zero-order chi connectivity index (χ0) is 18.3. The number of aryl methyl sites for hydroxylation is 1. The van der Waals surface area contributed by atoms with E-state index in [4.69, 9.17) is 4.42 Å². The number of aromatic nitrogens is 4. The standard InChI is InChI=1S/C18H19N5O3/c1-10(2)16(24)20-15-9-13(14-7-4-8-26-14)22-23(15)18-19-12-6-3-5-11(12)17(25)21-18/h4,7-10H,3,5-6H2,1-2H3,(H,20,24)(H,19,21,25). The lowest BCUT2D eigenvalue weighted by Gasteiger charge is -2.10. The molecule has 1 aliphatic carbocycles. The zero-order valence-electron chi connectivity index (χ0n) is 14.6. The maximum absolute atomic E-state index is 12.3. The zero-order valence-corrected chi connectivity index (χ0v) is 14.6. The monoisotopic (exact) mass is 353 g/mol. The van der Waals surface area contributed by atoms with Gasteiger partial charge in [-0.3, -0.25) is 14.6 Å². The van der Waals surface area contributed by atoms with E-state index in [0.29, 0.717) is 17.3 Å². The summed E-state index contributed by atoms with van der Waals surface area (Å²) >= 11 is 0. The van der Waals surface area contributed by atoms with Crippen LogP contribution in [0, 0.1) is 5.92 Å². The van der Waals surface area contributed by atoms with Crippen LogP contribution in [0.1, 0.15) is 31.5 Å². The average Bonchev–Trinajstić information content (AvgIpc) is 3.34. The number of nitrogens with zero attached hydrogens (tertiary/aromatic N) is 3. The molecule has 0 aliphatic heterocycles. The fraction of sp³-hybridized carbons (Fsp3) is 0.333. The molecule has 3 aromatic rings. The van der Waals surface area contributed by atoms with Crippen molar-refractivity contribution in [2.45, 2.75) is 33.1 Å². The van der Waals surface area contributed by atoms with Crippen LogP contribution in [0.5, 0.6) is 0 Å². The first-order valence-electron chi connectivity index (χ1n) is 8.60. The highest BCUT2D eigenvalue weighted by Crippen LogP contribution is 2.25. The van der Waals surface area contributed by atoms with Gasteiger partial charge < -0.3 is 9.73 Å². The van der Waals surface area contributed by atoms with Crippen LogP contribution >= 0.6 is 0 Å². The van der Waals surface area contributed by atoms with Gasteiger partial charge in [0, 0.05) is 17.5 Å². The maximum Gasteiger partial charge on any atom is 0.255 e. The number of rotatable bonds is 4. The Morgan fingerprint density at radius 3 is 2.96 bits per heavy atom. The first kappa shape index (κ1) is 16.3. The van der Waals surface area contributed by atoms with E-state index in [9.17, 15) is 9.59 Å². The van der Waals surface area contributed by atoms with Crippen molar-refractivity contribution in [1.82, 2.24) is 19.7 Å². The van der Waals surface area contributed by atoms with Gasteiger partial charge in [0.05, 0.1) is 12.0 Å².